The number of hydrogen-bond acceptors (Lipinski definition) is 4. The first-order chi connectivity index (χ1) is 10.8. The van der Waals surface area contributed by atoms with Gasteiger partial charge in [0.05, 0.1) is 0 Å². The Morgan fingerprint density at radius 3 is 2.52 bits per heavy atom. The van der Waals surface area contributed by atoms with E-state index >= 15 is 0 Å². The normalized spacial score (nSPS) is 11.8. The Kier molecular flexibility index (Phi) is 5.20. The fourth-order valence-corrected chi connectivity index (χ4v) is 2.30. The topological polar surface area (TPSA) is 63.8 Å². The summed E-state index contributed by atoms with van der Waals surface area (Å²) in [5.74, 6) is 0.388. The van der Waals surface area contributed by atoms with E-state index in [-0.39, 0.29) is 23.8 Å². The van der Waals surface area contributed by atoms with Crippen LogP contribution in [-0.4, -0.2) is 9.97 Å². The van der Waals surface area contributed by atoms with E-state index in [0.717, 1.165) is 11.3 Å². The zero-order chi connectivity index (χ0) is 17.0. The summed E-state index contributed by atoms with van der Waals surface area (Å²) in [5.41, 5.74) is 6.22. The van der Waals surface area contributed by atoms with Crippen LogP contribution >= 0.6 is 0 Å². The third-order valence-corrected chi connectivity index (χ3v) is 3.40. The number of pyridine rings is 2. The monoisotopic (exact) mass is 324 g/mol. The number of aromatic nitrogens is 2. The molecule has 0 aliphatic carbocycles. The highest BCUT2D eigenvalue weighted by atomic mass is 19.4. The standard InChI is InChI=1S/C16H19F3N4/c1-10(2)14-12(4-3-7-21-14)9-22-13-6-5-11(8-20)15(23-13)16(17,18)19/h3-7,10H,8-9,20H2,1-2H3,(H,22,23). The molecule has 0 saturated heterocycles. The molecule has 0 aromatic carbocycles. The summed E-state index contributed by atoms with van der Waals surface area (Å²) in [5, 5.41) is 2.93. The molecule has 0 unspecified atom stereocenters. The van der Waals surface area contributed by atoms with Crippen molar-refractivity contribution in [2.45, 2.75) is 39.0 Å². The molecule has 0 radical (unpaired) electrons. The number of anilines is 1. The molecule has 3 N–H and O–H groups in total. The number of hydrogen-bond donors (Lipinski definition) is 2. The predicted octanol–water partition coefficient (Wildman–Crippen LogP) is 3.69. The Bertz CT molecular complexity index is 669. The van der Waals surface area contributed by atoms with Crippen LogP contribution in [0.1, 0.15) is 42.3 Å². The zero-order valence-corrected chi connectivity index (χ0v) is 13.0. The van der Waals surface area contributed by atoms with Crippen molar-refractivity contribution < 1.29 is 13.2 Å². The molecule has 0 fully saturated rings. The van der Waals surface area contributed by atoms with E-state index in [2.05, 4.69) is 15.3 Å². The molecule has 2 aromatic rings. The van der Waals surface area contributed by atoms with Gasteiger partial charge >= 0.3 is 6.18 Å². The van der Waals surface area contributed by atoms with Crippen LogP contribution in [0.5, 0.6) is 0 Å². The molecule has 2 rings (SSSR count). The molecule has 0 spiro atoms. The summed E-state index contributed by atoms with van der Waals surface area (Å²) in [6.45, 7) is 4.18. The van der Waals surface area contributed by atoms with Crippen molar-refractivity contribution in [1.82, 2.24) is 9.97 Å². The molecule has 7 heteroatoms. The molecule has 23 heavy (non-hydrogen) atoms. The van der Waals surface area contributed by atoms with E-state index < -0.39 is 11.9 Å². The molecule has 2 heterocycles. The summed E-state index contributed by atoms with van der Waals surface area (Å²) in [6.07, 6.45) is -2.82. The Morgan fingerprint density at radius 2 is 1.91 bits per heavy atom. The smallest absolute Gasteiger partial charge is 0.366 e. The van der Waals surface area contributed by atoms with Gasteiger partial charge in [-0.25, -0.2) is 4.98 Å². The molecule has 124 valence electrons. The minimum atomic E-state index is -4.52. The molecule has 0 amide bonds. The summed E-state index contributed by atoms with van der Waals surface area (Å²) in [6, 6.07) is 6.55. The summed E-state index contributed by atoms with van der Waals surface area (Å²) in [7, 11) is 0. The van der Waals surface area contributed by atoms with Gasteiger partial charge in [0, 0.05) is 25.0 Å². The average molecular weight is 324 g/mol. The average Bonchev–Trinajstić information content (AvgIpc) is 2.52. The van der Waals surface area contributed by atoms with Gasteiger partial charge in [-0.3, -0.25) is 4.98 Å². The molecule has 0 aliphatic rings. The van der Waals surface area contributed by atoms with Crippen LogP contribution in [0.3, 0.4) is 0 Å². The second kappa shape index (κ2) is 6.95. The van der Waals surface area contributed by atoms with Crippen molar-refractivity contribution >= 4 is 5.82 Å². The van der Waals surface area contributed by atoms with Gasteiger partial charge in [-0.05, 0) is 29.2 Å². The van der Waals surface area contributed by atoms with Crippen molar-refractivity contribution in [3.8, 4) is 0 Å². The molecule has 4 nitrogen and oxygen atoms in total. The maximum absolute atomic E-state index is 13.0. The third-order valence-electron chi connectivity index (χ3n) is 3.40. The molecular weight excluding hydrogens is 305 g/mol. The lowest BCUT2D eigenvalue weighted by Crippen LogP contribution is -2.16. The second-order valence-electron chi connectivity index (χ2n) is 5.46. The highest BCUT2D eigenvalue weighted by Gasteiger charge is 2.35. The summed E-state index contributed by atoms with van der Waals surface area (Å²) in [4.78, 5) is 7.99. The van der Waals surface area contributed by atoms with E-state index in [4.69, 9.17) is 5.73 Å². The lowest BCUT2D eigenvalue weighted by atomic mass is 10.0. The van der Waals surface area contributed by atoms with Crippen molar-refractivity contribution in [3.63, 3.8) is 0 Å². The van der Waals surface area contributed by atoms with E-state index in [0.29, 0.717) is 6.54 Å². The van der Waals surface area contributed by atoms with E-state index in [1.807, 2.05) is 19.9 Å². The third kappa shape index (κ3) is 4.19. The van der Waals surface area contributed by atoms with Crippen molar-refractivity contribution in [2.24, 2.45) is 5.73 Å². The van der Waals surface area contributed by atoms with Gasteiger partial charge in [0.25, 0.3) is 0 Å². The predicted molar refractivity (Wildman–Crippen MR) is 82.8 cm³/mol. The van der Waals surface area contributed by atoms with Gasteiger partial charge in [-0.2, -0.15) is 13.2 Å². The Labute approximate surface area is 133 Å². The van der Waals surface area contributed by atoms with Crippen molar-refractivity contribution in [2.75, 3.05) is 5.32 Å². The highest BCUT2D eigenvalue weighted by Crippen LogP contribution is 2.31. The van der Waals surface area contributed by atoms with Gasteiger partial charge in [0.2, 0.25) is 0 Å². The first-order valence-electron chi connectivity index (χ1n) is 7.27. The van der Waals surface area contributed by atoms with Crippen molar-refractivity contribution in [3.05, 3.63) is 53.0 Å². The van der Waals surface area contributed by atoms with E-state index in [1.165, 1.54) is 12.1 Å². The molecule has 0 aliphatic heterocycles. The van der Waals surface area contributed by atoms with Crippen LogP contribution in [0.4, 0.5) is 19.0 Å². The summed E-state index contributed by atoms with van der Waals surface area (Å²) >= 11 is 0. The fraction of sp³-hybridized carbons (Fsp3) is 0.375. The van der Waals surface area contributed by atoms with Crippen LogP contribution in [0.15, 0.2) is 30.5 Å². The number of nitrogens with two attached hydrogens (primary N) is 1. The minimum absolute atomic E-state index is 0.0210. The largest absolute Gasteiger partial charge is 0.433 e. The number of nitrogens with one attached hydrogen (secondary N) is 1. The molecule has 0 saturated carbocycles. The van der Waals surface area contributed by atoms with Crippen LogP contribution in [-0.2, 0) is 19.3 Å². The number of halogens is 3. The van der Waals surface area contributed by atoms with Crippen LogP contribution < -0.4 is 11.1 Å². The van der Waals surface area contributed by atoms with Gasteiger partial charge in [-0.15, -0.1) is 0 Å². The number of nitrogens with zero attached hydrogens (tertiary/aromatic N) is 2. The fourth-order valence-electron chi connectivity index (χ4n) is 2.30. The number of rotatable bonds is 5. The van der Waals surface area contributed by atoms with Gasteiger partial charge < -0.3 is 11.1 Å². The van der Waals surface area contributed by atoms with E-state index in [9.17, 15) is 13.2 Å². The van der Waals surface area contributed by atoms with Crippen LogP contribution in [0.25, 0.3) is 0 Å². The van der Waals surface area contributed by atoms with Crippen LogP contribution in [0.2, 0.25) is 0 Å². The Balaban J connectivity index is 2.22. The van der Waals surface area contributed by atoms with Crippen molar-refractivity contribution in [1.29, 1.82) is 0 Å². The first-order valence-corrected chi connectivity index (χ1v) is 7.27. The minimum Gasteiger partial charge on any atom is -0.366 e. The lowest BCUT2D eigenvalue weighted by Gasteiger charge is -2.15. The number of alkyl halides is 3. The molecule has 0 atom stereocenters. The van der Waals surface area contributed by atoms with Gasteiger partial charge in [0.1, 0.15) is 5.82 Å². The maximum atomic E-state index is 13.0. The quantitative estimate of drug-likeness (QED) is 0.880. The zero-order valence-electron chi connectivity index (χ0n) is 13.0. The lowest BCUT2D eigenvalue weighted by molar-refractivity contribution is -0.141. The SMILES string of the molecule is CC(C)c1ncccc1CNc1ccc(CN)c(C(F)(F)F)n1. The Morgan fingerprint density at radius 1 is 1.17 bits per heavy atom. The van der Waals surface area contributed by atoms with Gasteiger partial charge in [-0.1, -0.05) is 26.0 Å². The second-order valence-corrected chi connectivity index (χ2v) is 5.46. The van der Waals surface area contributed by atoms with Gasteiger partial charge in [0.15, 0.2) is 5.69 Å². The molecular formula is C16H19F3N4. The highest BCUT2D eigenvalue weighted by molar-refractivity contribution is 5.41. The van der Waals surface area contributed by atoms with E-state index in [1.54, 1.807) is 12.3 Å². The molecule has 2 aromatic heterocycles. The molecule has 0 bridgehead atoms. The Hall–Kier alpha value is -2.15. The first kappa shape index (κ1) is 17.2. The van der Waals surface area contributed by atoms with Crippen LogP contribution in [0, 0.1) is 0 Å². The summed E-state index contributed by atoms with van der Waals surface area (Å²) < 4.78 is 39.0. The maximum Gasteiger partial charge on any atom is 0.433 e.